The Morgan fingerprint density at radius 1 is 1.16 bits per heavy atom. The van der Waals surface area contributed by atoms with Gasteiger partial charge in [-0.2, -0.15) is 0 Å². The molecule has 0 amide bonds. The lowest BCUT2D eigenvalue weighted by Gasteiger charge is -2.33. The summed E-state index contributed by atoms with van der Waals surface area (Å²) in [5.74, 6) is 0.649. The summed E-state index contributed by atoms with van der Waals surface area (Å²) < 4.78 is 5.32. The molecular weight excluding hydrogens is 240 g/mol. The highest BCUT2D eigenvalue weighted by Crippen LogP contribution is 2.40. The lowest BCUT2D eigenvalue weighted by molar-refractivity contribution is -0.0874. The highest BCUT2D eigenvalue weighted by atomic mass is 16.5. The van der Waals surface area contributed by atoms with E-state index in [0.717, 1.165) is 31.2 Å². The van der Waals surface area contributed by atoms with Crippen LogP contribution in [0.5, 0.6) is 5.75 Å². The number of ether oxygens (including phenoxy) is 1. The van der Waals surface area contributed by atoms with Gasteiger partial charge in [0.15, 0.2) is 0 Å². The molecule has 1 aromatic carbocycles. The van der Waals surface area contributed by atoms with Crippen LogP contribution in [0, 0.1) is 6.92 Å². The lowest BCUT2D eigenvalue weighted by Crippen LogP contribution is -2.36. The first-order valence-corrected chi connectivity index (χ1v) is 7.12. The predicted octanol–water partition coefficient (Wildman–Crippen LogP) is 3.12. The average Bonchev–Trinajstić information content (AvgIpc) is 2.63. The van der Waals surface area contributed by atoms with Crippen LogP contribution in [-0.4, -0.2) is 22.9 Å². The van der Waals surface area contributed by atoms with Crippen molar-refractivity contribution in [3.8, 4) is 5.75 Å². The molecular formula is C16H24O3. The second kappa shape index (κ2) is 5.93. The number of methoxy groups -OCH3 is 1. The Kier molecular flexibility index (Phi) is 4.48. The van der Waals surface area contributed by atoms with Crippen LogP contribution in [0.4, 0.5) is 0 Å². The van der Waals surface area contributed by atoms with E-state index in [1.807, 2.05) is 25.1 Å². The molecule has 1 saturated carbocycles. The van der Waals surface area contributed by atoms with E-state index in [0.29, 0.717) is 24.2 Å². The van der Waals surface area contributed by atoms with Gasteiger partial charge in [-0.1, -0.05) is 37.3 Å². The Morgan fingerprint density at radius 3 is 2.37 bits per heavy atom. The molecule has 0 radical (unpaired) electrons. The summed E-state index contributed by atoms with van der Waals surface area (Å²) in [6.45, 7) is 1.98. The number of hydrogen-bond acceptors (Lipinski definition) is 3. The summed E-state index contributed by atoms with van der Waals surface area (Å²) in [6, 6.07) is 5.71. The number of aliphatic hydroxyl groups excluding tert-OH is 1. The van der Waals surface area contributed by atoms with E-state index in [1.165, 1.54) is 0 Å². The molecule has 1 aliphatic rings. The van der Waals surface area contributed by atoms with Gasteiger partial charge in [0, 0.05) is 5.56 Å². The highest BCUT2D eigenvalue weighted by molar-refractivity contribution is 5.39. The van der Waals surface area contributed by atoms with E-state index in [2.05, 4.69) is 0 Å². The van der Waals surface area contributed by atoms with Gasteiger partial charge in [-0.15, -0.1) is 0 Å². The first kappa shape index (κ1) is 14.4. The van der Waals surface area contributed by atoms with Crippen molar-refractivity contribution < 1.29 is 14.9 Å². The van der Waals surface area contributed by atoms with Crippen molar-refractivity contribution in [2.75, 3.05) is 7.11 Å². The van der Waals surface area contributed by atoms with Gasteiger partial charge in [0.2, 0.25) is 0 Å². The Bertz CT molecular complexity index is 420. The molecule has 2 N–H and O–H groups in total. The van der Waals surface area contributed by atoms with E-state index >= 15 is 0 Å². The standard InChI is InChI=1S/C16H24O3/c1-12-7-8-14(19-2)13(11-12)15(17)16(18)9-5-3-4-6-10-16/h7-8,11,15,17-18H,3-6,9-10H2,1-2H3. The zero-order valence-electron chi connectivity index (χ0n) is 11.9. The molecule has 106 valence electrons. The SMILES string of the molecule is COc1ccc(C)cc1C(O)C1(O)CCCCCC1. The quantitative estimate of drug-likeness (QED) is 0.825. The Balaban J connectivity index is 2.31. The topological polar surface area (TPSA) is 49.7 Å². The Morgan fingerprint density at radius 2 is 1.79 bits per heavy atom. The summed E-state index contributed by atoms with van der Waals surface area (Å²) in [7, 11) is 1.60. The molecule has 1 aliphatic carbocycles. The van der Waals surface area contributed by atoms with Crippen LogP contribution >= 0.6 is 0 Å². The average molecular weight is 264 g/mol. The van der Waals surface area contributed by atoms with E-state index in [-0.39, 0.29) is 0 Å². The lowest BCUT2D eigenvalue weighted by atomic mass is 9.84. The summed E-state index contributed by atoms with van der Waals surface area (Å²) >= 11 is 0. The summed E-state index contributed by atoms with van der Waals surface area (Å²) in [4.78, 5) is 0. The maximum Gasteiger partial charge on any atom is 0.124 e. The number of aryl methyl sites for hydroxylation is 1. The van der Waals surface area contributed by atoms with Crippen molar-refractivity contribution in [3.63, 3.8) is 0 Å². The number of benzene rings is 1. The molecule has 19 heavy (non-hydrogen) atoms. The molecule has 1 unspecified atom stereocenters. The maximum absolute atomic E-state index is 10.8. The molecule has 0 saturated heterocycles. The molecule has 0 aliphatic heterocycles. The summed E-state index contributed by atoms with van der Waals surface area (Å²) in [6.07, 6.45) is 4.67. The monoisotopic (exact) mass is 264 g/mol. The fourth-order valence-corrected chi connectivity index (χ4v) is 2.97. The fraction of sp³-hybridized carbons (Fsp3) is 0.625. The van der Waals surface area contributed by atoms with Gasteiger partial charge in [0.1, 0.15) is 11.9 Å². The smallest absolute Gasteiger partial charge is 0.124 e. The molecule has 0 spiro atoms. The minimum absolute atomic E-state index is 0.649. The van der Waals surface area contributed by atoms with Crippen LogP contribution in [0.15, 0.2) is 18.2 Å². The van der Waals surface area contributed by atoms with E-state index < -0.39 is 11.7 Å². The molecule has 1 atom stereocenters. The van der Waals surface area contributed by atoms with Crippen LogP contribution in [0.25, 0.3) is 0 Å². The molecule has 0 aromatic heterocycles. The molecule has 2 rings (SSSR count). The van der Waals surface area contributed by atoms with Crippen molar-refractivity contribution in [1.82, 2.24) is 0 Å². The minimum Gasteiger partial charge on any atom is -0.496 e. The normalized spacial score (nSPS) is 20.6. The van der Waals surface area contributed by atoms with E-state index in [9.17, 15) is 10.2 Å². The van der Waals surface area contributed by atoms with Gasteiger partial charge in [-0.25, -0.2) is 0 Å². The Hall–Kier alpha value is -1.06. The van der Waals surface area contributed by atoms with Crippen molar-refractivity contribution in [1.29, 1.82) is 0 Å². The van der Waals surface area contributed by atoms with Crippen LogP contribution in [0.2, 0.25) is 0 Å². The zero-order valence-corrected chi connectivity index (χ0v) is 11.9. The fourth-order valence-electron chi connectivity index (χ4n) is 2.97. The third-order valence-electron chi connectivity index (χ3n) is 4.16. The predicted molar refractivity (Wildman–Crippen MR) is 75.3 cm³/mol. The van der Waals surface area contributed by atoms with Gasteiger partial charge in [0.05, 0.1) is 12.7 Å². The van der Waals surface area contributed by atoms with Crippen molar-refractivity contribution in [2.45, 2.75) is 57.2 Å². The van der Waals surface area contributed by atoms with Crippen LogP contribution in [0.1, 0.15) is 55.8 Å². The first-order chi connectivity index (χ1) is 9.07. The van der Waals surface area contributed by atoms with Crippen LogP contribution < -0.4 is 4.74 Å². The molecule has 1 aromatic rings. The second-order valence-electron chi connectivity index (χ2n) is 5.67. The molecule has 3 nitrogen and oxygen atoms in total. The van der Waals surface area contributed by atoms with Gasteiger partial charge >= 0.3 is 0 Å². The Labute approximate surface area is 115 Å². The van der Waals surface area contributed by atoms with Crippen molar-refractivity contribution in [2.24, 2.45) is 0 Å². The summed E-state index contributed by atoms with van der Waals surface area (Å²) in [5.41, 5.74) is 0.747. The third-order valence-corrected chi connectivity index (χ3v) is 4.16. The second-order valence-corrected chi connectivity index (χ2v) is 5.67. The number of aliphatic hydroxyl groups is 2. The van der Waals surface area contributed by atoms with E-state index in [4.69, 9.17) is 4.74 Å². The number of hydrogen-bond donors (Lipinski definition) is 2. The molecule has 0 bridgehead atoms. The van der Waals surface area contributed by atoms with Gasteiger partial charge < -0.3 is 14.9 Å². The summed E-state index contributed by atoms with van der Waals surface area (Å²) in [5, 5.41) is 21.4. The van der Waals surface area contributed by atoms with Crippen molar-refractivity contribution >= 4 is 0 Å². The molecule has 0 heterocycles. The highest BCUT2D eigenvalue weighted by Gasteiger charge is 2.38. The molecule has 1 fully saturated rings. The van der Waals surface area contributed by atoms with Gasteiger partial charge in [0.25, 0.3) is 0 Å². The first-order valence-electron chi connectivity index (χ1n) is 7.12. The third kappa shape index (κ3) is 3.10. The van der Waals surface area contributed by atoms with Gasteiger partial charge in [-0.3, -0.25) is 0 Å². The zero-order chi connectivity index (χ0) is 13.9. The minimum atomic E-state index is -1.02. The maximum atomic E-state index is 10.8. The number of rotatable bonds is 3. The van der Waals surface area contributed by atoms with E-state index in [1.54, 1.807) is 7.11 Å². The largest absolute Gasteiger partial charge is 0.496 e. The molecule has 3 heteroatoms. The van der Waals surface area contributed by atoms with Crippen LogP contribution in [-0.2, 0) is 0 Å². The van der Waals surface area contributed by atoms with Crippen LogP contribution in [0.3, 0.4) is 0 Å². The van der Waals surface area contributed by atoms with Gasteiger partial charge in [-0.05, 0) is 31.9 Å². The van der Waals surface area contributed by atoms with Crippen molar-refractivity contribution in [3.05, 3.63) is 29.3 Å².